The van der Waals surface area contributed by atoms with E-state index in [0.29, 0.717) is 37.5 Å². The number of nitrogens with one attached hydrogen (secondary N) is 1. The van der Waals surface area contributed by atoms with Gasteiger partial charge in [0.25, 0.3) is 11.8 Å². The summed E-state index contributed by atoms with van der Waals surface area (Å²) in [6.07, 6.45) is -0.0371. The van der Waals surface area contributed by atoms with Crippen LogP contribution in [0.25, 0.3) is 0 Å². The second-order valence-corrected chi connectivity index (χ2v) is 11.0. The lowest BCUT2D eigenvalue weighted by Gasteiger charge is -2.39. The summed E-state index contributed by atoms with van der Waals surface area (Å²) < 4.78 is 5.33. The van der Waals surface area contributed by atoms with Gasteiger partial charge in [0.1, 0.15) is 5.60 Å². The number of hydrogen-bond donors (Lipinski definition) is 1. The first-order valence-electron chi connectivity index (χ1n) is 13.3. The zero-order chi connectivity index (χ0) is 28.6. The minimum atomic E-state index is -0.603. The van der Waals surface area contributed by atoms with Crippen LogP contribution in [-0.4, -0.2) is 64.9 Å². The smallest absolute Gasteiger partial charge is 0.407 e. The van der Waals surface area contributed by atoms with E-state index in [1.54, 1.807) is 42.7 Å². The van der Waals surface area contributed by atoms with Crippen molar-refractivity contribution in [3.05, 3.63) is 71.3 Å². The van der Waals surface area contributed by atoms with Crippen molar-refractivity contribution in [2.45, 2.75) is 66.2 Å². The van der Waals surface area contributed by atoms with Crippen molar-refractivity contribution in [2.24, 2.45) is 11.1 Å². The average molecular weight is 537 g/mol. The molecule has 0 radical (unpaired) electrons. The standard InChI is InChI=1S/C30H40N4O5/c1-21(2)26(27-32-38-20-25(35)34(27)19-23-11-8-7-9-12-23)33(28(36)24-15-13-22(3)14-16-24)18-10-17-31-29(37)39-30(4,5)6/h7-9,11-16,21,26H,10,17-20H2,1-6H3,(H,31,37). The van der Waals surface area contributed by atoms with E-state index in [1.807, 2.05) is 63.2 Å². The highest BCUT2D eigenvalue weighted by Crippen LogP contribution is 2.23. The molecule has 0 spiro atoms. The Labute approximate surface area is 231 Å². The summed E-state index contributed by atoms with van der Waals surface area (Å²) in [7, 11) is 0. The van der Waals surface area contributed by atoms with Crippen molar-refractivity contribution in [1.82, 2.24) is 15.1 Å². The topological polar surface area (TPSA) is 101 Å². The Hall–Kier alpha value is -3.88. The van der Waals surface area contributed by atoms with E-state index in [1.165, 1.54) is 0 Å². The molecule has 0 aromatic heterocycles. The van der Waals surface area contributed by atoms with E-state index in [9.17, 15) is 14.4 Å². The number of amides is 3. The molecule has 2 aromatic carbocycles. The van der Waals surface area contributed by atoms with Crippen molar-refractivity contribution in [2.75, 3.05) is 19.7 Å². The Morgan fingerprint density at radius 2 is 1.77 bits per heavy atom. The Morgan fingerprint density at radius 1 is 1.10 bits per heavy atom. The van der Waals surface area contributed by atoms with Crippen LogP contribution >= 0.6 is 0 Å². The molecule has 0 aliphatic carbocycles. The molecule has 1 atom stereocenters. The molecule has 3 amide bonds. The van der Waals surface area contributed by atoms with Gasteiger partial charge in [0.05, 0.1) is 12.6 Å². The second kappa shape index (κ2) is 13.3. The molecule has 2 aromatic rings. The maximum absolute atomic E-state index is 13.9. The lowest BCUT2D eigenvalue weighted by Crippen LogP contribution is -2.57. The van der Waals surface area contributed by atoms with Gasteiger partial charge in [-0.25, -0.2) is 4.79 Å². The molecule has 1 aliphatic heterocycles. The highest BCUT2D eigenvalue weighted by atomic mass is 16.6. The number of ether oxygens (including phenoxy) is 1. The van der Waals surface area contributed by atoms with Crippen molar-refractivity contribution in [1.29, 1.82) is 0 Å². The molecule has 210 valence electrons. The zero-order valence-corrected chi connectivity index (χ0v) is 23.8. The van der Waals surface area contributed by atoms with Crippen molar-refractivity contribution in [3.63, 3.8) is 0 Å². The number of rotatable bonds is 10. The third-order valence-corrected chi connectivity index (χ3v) is 6.14. The van der Waals surface area contributed by atoms with Gasteiger partial charge >= 0.3 is 6.09 Å². The maximum atomic E-state index is 13.9. The van der Waals surface area contributed by atoms with Gasteiger partial charge < -0.3 is 19.8 Å². The van der Waals surface area contributed by atoms with Crippen molar-refractivity contribution in [3.8, 4) is 0 Å². The molecule has 1 N–H and O–H groups in total. The molecule has 39 heavy (non-hydrogen) atoms. The number of carbonyl (C=O) groups excluding carboxylic acids is 3. The molecule has 9 heteroatoms. The van der Waals surface area contributed by atoms with Crippen molar-refractivity contribution < 1.29 is 24.0 Å². The van der Waals surface area contributed by atoms with E-state index < -0.39 is 17.7 Å². The molecular weight excluding hydrogens is 496 g/mol. The van der Waals surface area contributed by atoms with Gasteiger partial charge in [-0.15, -0.1) is 0 Å². The Balaban J connectivity index is 1.89. The Kier molecular flexibility index (Phi) is 10.1. The van der Waals surface area contributed by atoms with Gasteiger partial charge in [0.2, 0.25) is 0 Å². The highest BCUT2D eigenvalue weighted by molar-refractivity contribution is 6.05. The summed E-state index contributed by atoms with van der Waals surface area (Å²) in [6.45, 7) is 12.1. The van der Waals surface area contributed by atoms with E-state index in [0.717, 1.165) is 11.1 Å². The van der Waals surface area contributed by atoms with E-state index in [4.69, 9.17) is 9.57 Å². The molecule has 1 unspecified atom stereocenters. The zero-order valence-electron chi connectivity index (χ0n) is 23.8. The van der Waals surface area contributed by atoms with E-state index >= 15 is 0 Å². The van der Waals surface area contributed by atoms with Crippen LogP contribution in [0.3, 0.4) is 0 Å². The maximum Gasteiger partial charge on any atom is 0.407 e. The number of nitrogens with zero attached hydrogens (tertiary/aromatic N) is 3. The quantitative estimate of drug-likeness (QED) is 0.442. The highest BCUT2D eigenvalue weighted by Gasteiger charge is 2.38. The minimum Gasteiger partial charge on any atom is -0.444 e. The first-order chi connectivity index (χ1) is 18.5. The molecular formula is C30H40N4O5. The molecule has 0 fully saturated rings. The van der Waals surface area contributed by atoms with Crippen LogP contribution in [0.15, 0.2) is 59.8 Å². The summed E-state index contributed by atoms with van der Waals surface area (Å²) in [5, 5.41) is 7.08. The van der Waals surface area contributed by atoms with Gasteiger partial charge in [0, 0.05) is 18.7 Å². The second-order valence-electron chi connectivity index (χ2n) is 11.0. The first kappa shape index (κ1) is 29.7. The summed E-state index contributed by atoms with van der Waals surface area (Å²) in [5.41, 5.74) is 1.92. The third kappa shape index (κ3) is 8.56. The van der Waals surface area contributed by atoms with Gasteiger partial charge in [0.15, 0.2) is 12.4 Å². The van der Waals surface area contributed by atoms with E-state index in [2.05, 4.69) is 10.5 Å². The van der Waals surface area contributed by atoms with E-state index in [-0.39, 0.29) is 24.3 Å². The summed E-state index contributed by atoms with van der Waals surface area (Å²) in [6, 6.07) is 16.5. The first-order valence-corrected chi connectivity index (χ1v) is 13.3. The normalized spacial score (nSPS) is 14.4. The van der Waals surface area contributed by atoms with Crippen LogP contribution in [0.5, 0.6) is 0 Å². The van der Waals surface area contributed by atoms with Crippen LogP contribution in [0, 0.1) is 12.8 Å². The van der Waals surface area contributed by atoms with Gasteiger partial charge in [-0.3, -0.25) is 14.5 Å². The number of benzene rings is 2. The third-order valence-electron chi connectivity index (χ3n) is 6.14. The fraction of sp³-hybridized carbons (Fsp3) is 0.467. The molecule has 0 saturated heterocycles. The predicted molar refractivity (Wildman–Crippen MR) is 150 cm³/mol. The Morgan fingerprint density at radius 3 is 2.38 bits per heavy atom. The van der Waals surface area contributed by atoms with Gasteiger partial charge in [-0.2, -0.15) is 0 Å². The monoisotopic (exact) mass is 536 g/mol. The fourth-order valence-electron chi connectivity index (χ4n) is 4.34. The predicted octanol–water partition coefficient (Wildman–Crippen LogP) is 4.75. The van der Waals surface area contributed by atoms with Crippen LogP contribution in [-0.2, 0) is 20.9 Å². The van der Waals surface area contributed by atoms with Gasteiger partial charge in [-0.05, 0) is 57.7 Å². The molecule has 3 rings (SSSR count). The number of amidine groups is 1. The van der Waals surface area contributed by atoms with Crippen LogP contribution in [0.1, 0.15) is 62.5 Å². The van der Waals surface area contributed by atoms with Crippen LogP contribution in [0.4, 0.5) is 4.79 Å². The lowest BCUT2D eigenvalue weighted by atomic mass is 9.97. The summed E-state index contributed by atoms with van der Waals surface area (Å²) >= 11 is 0. The lowest BCUT2D eigenvalue weighted by molar-refractivity contribution is -0.135. The number of oxime groups is 1. The molecule has 1 aliphatic rings. The fourth-order valence-corrected chi connectivity index (χ4v) is 4.34. The number of aryl methyl sites for hydroxylation is 1. The average Bonchev–Trinajstić information content (AvgIpc) is 2.87. The largest absolute Gasteiger partial charge is 0.444 e. The molecule has 0 bridgehead atoms. The number of alkyl carbamates (subject to hydrolysis) is 1. The van der Waals surface area contributed by atoms with Gasteiger partial charge in [-0.1, -0.05) is 67.0 Å². The summed E-state index contributed by atoms with van der Waals surface area (Å²) in [5.74, 6) is -0.106. The minimum absolute atomic E-state index is 0.0928. The molecule has 1 heterocycles. The number of carbonyl (C=O) groups is 3. The number of hydrogen-bond acceptors (Lipinski definition) is 6. The van der Waals surface area contributed by atoms with Crippen LogP contribution in [0.2, 0.25) is 0 Å². The van der Waals surface area contributed by atoms with Crippen molar-refractivity contribution >= 4 is 23.7 Å². The molecule has 9 nitrogen and oxygen atoms in total. The SMILES string of the molecule is Cc1ccc(C(=O)N(CCCNC(=O)OC(C)(C)C)C(C2=NOCC(=O)N2Cc2ccccc2)C(C)C)cc1. The molecule has 0 saturated carbocycles. The Bertz CT molecular complexity index is 1160. The summed E-state index contributed by atoms with van der Waals surface area (Å²) in [4.78, 5) is 47.8. The van der Waals surface area contributed by atoms with Crippen LogP contribution < -0.4 is 5.32 Å².